The van der Waals surface area contributed by atoms with Gasteiger partial charge < -0.3 is 9.29 Å². The molecular formula is C12H6F2N2O8S. The van der Waals surface area contributed by atoms with Crippen LogP contribution in [0, 0.1) is 31.9 Å². The molecule has 0 amide bonds. The van der Waals surface area contributed by atoms with Crippen LogP contribution >= 0.6 is 0 Å². The summed E-state index contributed by atoms with van der Waals surface area (Å²) in [6.45, 7) is 0. The van der Waals surface area contributed by atoms with Crippen molar-refractivity contribution in [1.29, 1.82) is 0 Å². The van der Waals surface area contributed by atoms with Gasteiger partial charge in [-0.2, -0.15) is 8.42 Å². The van der Waals surface area contributed by atoms with Gasteiger partial charge in [0.25, 0.3) is 5.69 Å². The molecule has 2 aromatic carbocycles. The maximum atomic E-state index is 13.3. The fraction of sp³-hybridized carbons (Fsp3) is 0. The zero-order valence-electron chi connectivity index (χ0n) is 11.8. The second-order valence-electron chi connectivity index (χ2n) is 4.44. The van der Waals surface area contributed by atoms with E-state index in [1.165, 1.54) is 0 Å². The molecule has 0 atom stereocenters. The first kappa shape index (κ1) is 18.0. The Labute approximate surface area is 137 Å². The minimum absolute atomic E-state index is 0.241. The number of phenolic OH excluding ortho intramolecular Hbond substituents is 1. The zero-order valence-corrected chi connectivity index (χ0v) is 12.6. The van der Waals surface area contributed by atoms with Crippen LogP contribution in [0.15, 0.2) is 35.2 Å². The van der Waals surface area contributed by atoms with Crippen molar-refractivity contribution in [2.24, 2.45) is 0 Å². The van der Waals surface area contributed by atoms with Gasteiger partial charge in [-0.15, -0.1) is 0 Å². The summed E-state index contributed by atoms with van der Waals surface area (Å²) in [5.74, 6) is -5.51. The molecule has 0 aliphatic rings. The molecular weight excluding hydrogens is 370 g/mol. The molecule has 0 aliphatic carbocycles. The molecule has 0 aliphatic heterocycles. The fourth-order valence-electron chi connectivity index (χ4n) is 1.69. The third-order valence-corrected chi connectivity index (χ3v) is 4.04. The summed E-state index contributed by atoms with van der Waals surface area (Å²) in [5, 5.41) is 30.5. The first-order valence-corrected chi connectivity index (χ1v) is 7.49. The first-order chi connectivity index (χ1) is 11.5. The number of phenols is 1. The summed E-state index contributed by atoms with van der Waals surface area (Å²) >= 11 is 0. The summed E-state index contributed by atoms with van der Waals surface area (Å²) in [4.78, 5) is 18.4. The van der Waals surface area contributed by atoms with Gasteiger partial charge in [0, 0.05) is 18.2 Å². The highest BCUT2D eigenvalue weighted by Gasteiger charge is 2.27. The monoisotopic (exact) mass is 376 g/mol. The van der Waals surface area contributed by atoms with Crippen molar-refractivity contribution < 1.29 is 36.3 Å². The van der Waals surface area contributed by atoms with Crippen molar-refractivity contribution in [1.82, 2.24) is 0 Å². The summed E-state index contributed by atoms with van der Waals surface area (Å²) in [6.07, 6.45) is 0. The SMILES string of the molecule is O=[N+]([O-])c1ccc(OS(=O)(=O)c2cc(F)c(O)c(F)c2)c([N+](=O)[O-])c1. The van der Waals surface area contributed by atoms with Gasteiger partial charge in [-0.1, -0.05) is 0 Å². The van der Waals surface area contributed by atoms with E-state index in [9.17, 15) is 37.4 Å². The molecule has 0 bridgehead atoms. The Kier molecular flexibility index (Phi) is 4.52. The summed E-state index contributed by atoms with van der Waals surface area (Å²) in [6, 6.07) is 2.34. The normalized spacial score (nSPS) is 11.1. The maximum Gasteiger partial charge on any atom is 0.339 e. The van der Waals surface area contributed by atoms with Crippen LogP contribution in [-0.4, -0.2) is 23.4 Å². The Morgan fingerprint density at radius 3 is 2.04 bits per heavy atom. The molecule has 2 rings (SSSR count). The van der Waals surface area contributed by atoms with Crippen molar-refractivity contribution in [3.63, 3.8) is 0 Å². The topological polar surface area (TPSA) is 150 Å². The van der Waals surface area contributed by atoms with Gasteiger partial charge in [0.05, 0.1) is 15.9 Å². The number of benzene rings is 2. The smallest absolute Gasteiger partial charge is 0.339 e. The average Bonchev–Trinajstić information content (AvgIpc) is 2.51. The maximum absolute atomic E-state index is 13.3. The zero-order chi connectivity index (χ0) is 18.9. The predicted octanol–water partition coefficient (Wildman–Crippen LogP) is 2.25. The second kappa shape index (κ2) is 6.27. The number of nitro groups is 2. The Bertz CT molecular complexity index is 970. The number of halogens is 2. The van der Waals surface area contributed by atoms with Gasteiger partial charge in [-0.05, 0) is 6.07 Å². The fourth-order valence-corrected chi connectivity index (χ4v) is 2.65. The minimum atomic E-state index is -4.93. The van der Waals surface area contributed by atoms with E-state index in [1.807, 2.05) is 0 Å². The molecule has 0 spiro atoms. The second-order valence-corrected chi connectivity index (χ2v) is 5.99. The predicted molar refractivity (Wildman–Crippen MR) is 75.6 cm³/mol. The van der Waals surface area contributed by atoms with E-state index in [4.69, 9.17) is 5.11 Å². The number of nitrogens with zero attached hydrogens (tertiary/aromatic N) is 2. The number of hydrogen-bond acceptors (Lipinski definition) is 8. The van der Waals surface area contributed by atoms with E-state index in [1.54, 1.807) is 0 Å². The van der Waals surface area contributed by atoms with Crippen molar-refractivity contribution in [2.45, 2.75) is 4.90 Å². The largest absolute Gasteiger partial charge is 0.503 e. The summed E-state index contributed by atoms with van der Waals surface area (Å²) < 4.78 is 55.0. The molecule has 0 unspecified atom stereocenters. The molecule has 2 aromatic rings. The van der Waals surface area contributed by atoms with Gasteiger partial charge in [0.2, 0.25) is 5.75 Å². The Morgan fingerprint density at radius 1 is 1.00 bits per heavy atom. The van der Waals surface area contributed by atoms with Gasteiger partial charge >= 0.3 is 15.8 Å². The summed E-state index contributed by atoms with van der Waals surface area (Å²) in [7, 11) is -4.93. The van der Waals surface area contributed by atoms with Gasteiger partial charge in [-0.3, -0.25) is 20.2 Å². The van der Waals surface area contributed by atoms with Gasteiger partial charge in [0.1, 0.15) is 4.90 Å². The number of rotatable bonds is 5. The Balaban J connectivity index is 2.51. The third-order valence-electron chi connectivity index (χ3n) is 2.83. The molecule has 132 valence electrons. The molecule has 13 heteroatoms. The van der Waals surface area contributed by atoms with Crippen LogP contribution in [0.5, 0.6) is 11.5 Å². The minimum Gasteiger partial charge on any atom is -0.503 e. The van der Waals surface area contributed by atoms with Crippen LogP contribution in [0.3, 0.4) is 0 Å². The third kappa shape index (κ3) is 3.60. The first-order valence-electron chi connectivity index (χ1n) is 6.08. The van der Waals surface area contributed by atoms with E-state index in [-0.39, 0.29) is 12.1 Å². The van der Waals surface area contributed by atoms with Crippen molar-refractivity contribution in [3.05, 3.63) is 62.2 Å². The number of nitro benzene ring substituents is 2. The van der Waals surface area contributed by atoms with E-state index in [2.05, 4.69) is 4.18 Å². The van der Waals surface area contributed by atoms with Crippen LogP contribution in [0.1, 0.15) is 0 Å². The van der Waals surface area contributed by atoms with E-state index in [0.717, 1.165) is 6.07 Å². The summed E-state index contributed by atoms with van der Waals surface area (Å²) in [5.41, 5.74) is -1.74. The molecule has 0 heterocycles. The molecule has 25 heavy (non-hydrogen) atoms. The van der Waals surface area contributed by atoms with Crippen LogP contribution < -0.4 is 4.18 Å². The highest BCUT2D eigenvalue weighted by Crippen LogP contribution is 2.34. The highest BCUT2D eigenvalue weighted by molar-refractivity contribution is 7.87. The van der Waals surface area contributed by atoms with Crippen LogP contribution in [0.4, 0.5) is 20.2 Å². The molecule has 1 N–H and O–H groups in total. The lowest BCUT2D eigenvalue weighted by Gasteiger charge is -2.08. The molecule has 0 aromatic heterocycles. The standard InChI is InChI=1S/C12H6F2N2O8S/c13-8-4-7(5-9(14)12(8)17)25(22,23)24-11-2-1-6(15(18)19)3-10(11)16(20)21/h1-5,17H. The van der Waals surface area contributed by atoms with Crippen molar-refractivity contribution in [3.8, 4) is 11.5 Å². The molecule has 0 fully saturated rings. The van der Waals surface area contributed by atoms with Crippen molar-refractivity contribution in [2.75, 3.05) is 0 Å². The molecule has 0 saturated carbocycles. The van der Waals surface area contributed by atoms with Crippen LogP contribution in [0.2, 0.25) is 0 Å². The van der Waals surface area contributed by atoms with Crippen LogP contribution in [0.25, 0.3) is 0 Å². The number of non-ortho nitro benzene ring substituents is 1. The highest BCUT2D eigenvalue weighted by atomic mass is 32.2. The lowest BCUT2D eigenvalue weighted by molar-refractivity contribution is -0.394. The molecule has 10 nitrogen and oxygen atoms in total. The average molecular weight is 376 g/mol. The van der Waals surface area contributed by atoms with Gasteiger partial charge in [-0.25, -0.2) is 8.78 Å². The Morgan fingerprint density at radius 2 is 1.56 bits per heavy atom. The number of hydrogen-bond donors (Lipinski definition) is 1. The van der Waals surface area contributed by atoms with Gasteiger partial charge in [0.15, 0.2) is 17.4 Å². The van der Waals surface area contributed by atoms with E-state index in [0.29, 0.717) is 12.1 Å². The van der Waals surface area contributed by atoms with Crippen LogP contribution in [-0.2, 0) is 10.1 Å². The lowest BCUT2D eigenvalue weighted by atomic mass is 10.2. The number of aromatic hydroxyl groups is 1. The lowest BCUT2D eigenvalue weighted by Crippen LogP contribution is -2.12. The molecule has 0 radical (unpaired) electrons. The quantitative estimate of drug-likeness (QED) is 0.474. The van der Waals surface area contributed by atoms with E-state index < -0.39 is 59.4 Å². The molecule has 0 saturated heterocycles. The van der Waals surface area contributed by atoms with Crippen molar-refractivity contribution >= 4 is 21.5 Å². The Hall–Kier alpha value is -3.35. The van der Waals surface area contributed by atoms with E-state index >= 15 is 0 Å².